The highest BCUT2D eigenvalue weighted by molar-refractivity contribution is 5.99. The molecule has 3 aromatic rings. The van der Waals surface area contributed by atoms with Crippen LogP contribution in [0, 0.1) is 0 Å². The predicted molar refractivity (Wildman–Crippen MR) is 133 cm³/mol. The van der Waals surface area contributed by atoms with Gasteiger partial charge in [-0.1, -0.05) is 30.3 Å². The lowest BCUT2D eigenvalue weighted by Gasteiger charge is -2.36. The van der Waals surface area contributed by atoms with E-state index >= 15 is 0 Å². The van der Waals surface area contributed by atoms with Crippen LogP contribution in [0.3, 0.4) is 0 Å². The Balaban J connectivity index is 1.30. The standard InChI is InChI=1S/C27H29N3O5/c1-19(31)34-21-9-10-24-23(16-21)22-8-5-11-30(26(22)27(33)35-24)25(32)18-29-14-12-28(13-15-29)17-20-6-3-2-4-7-20/h2-4,6-7,9-10,16H,5,8,11-15,17-18H2,1H3. The van der Waals surface area contributed by atoms with Gasteiger partial charge in [0.05, 0.1) is 6.54 Å². The third-order valence-electron chi connectivity index (χ3n) is 6.67. The summed E-state index contributed by atoms with van der Waals surface area (Å²) in [4.78, 5) is 43.7. The summed E-state index contributed by atoms with van der Waals surface area (Å²) in [7, 11) is 0. The Kier molecular flexibility index (Phi) is 6.66. The largest absolute Gasteiger partial charge is 0.427 e. The summed E-state index contributed by atoms with van der Waals surface area (Å²) in [6.45, 7) is 6.39. The number of carbonyl (C=O) groups is 2. The molecule has 0 spiro atoms. The van der Waals surface area contributed by atoms with Gasteiger partial charge in [-0.15, -0.1) is 0 Å². The number of esters is 1. The average Bonchev–Trinajstić information content (AvgIpc) is 2.85. The van der Waals surface area contributed by atoms with Crippen LogP contribution >= 0.6 is 0 Å². The average molecular weight is 476 g/mol. The van der Waals surface area contributed by atoms with Gasteiger partial charge in [-0.05, 0) is 42.2 Å². The van der Waals surface area contributed by atoms with Crippen molar-refractivity contribution in [1.29, 1.82) is 0 Å². The van der Waals surface area contributed by atoms with Crippen LogP contribution in [0.2, 0.25) is 0 Å². The molecule has 35 heavy (non-hydrogen) atoms. The summed E-state index contributed by atoms with van der Waals surface area (Å²) in [6.07, 6.45) is 1.41. The van der Waals surface area contributed by atoms with Crippen LogP contribution in [-0.2, 0) is 22.6 Å². The summed E-state index contributed by atoms with van der Waals surface area (Å²) in [6, 6.07) is 15.3. The van der Waals surface area contributed by atoms with Gasteiger partial charge in [0.25, 0.3) is 0 Å². The van der Waals surface area contributed by atoms with Crippen molar-refractivity contribution in [3.8, 4) is 5.75 Å². The van der Waals surface area contributed by atoms with Gasteiger partial charge in [0.2, 0.25) is 5.91 Å². The predicted octanol–water partition coefficient (Wildman–Crippen LogP) is 2.82. The molecule has 2 aliphatic rings. The molecule has 5 rings (SSSR count). The molecule has 8 nitrogen and oxygen atoms in total. The molecule has 0 aliphatic carbocycles. The van der Waals surface area contributed by atoms with E-state index in [0.717, 1.165) is 44.7 Å². The zero-order chi connectivity index (χ0) is 24.4. The first kappa shape index (κ1) is 23.3. The number of benzene rings is 2. The van der Waals surface area contributed by atoms with Crippen molar-refractivity contribution in [2.75, 3.05) is 44.2 Å². The lowest BCUT2D eigenvalue weighted by molar-refractivity contribution is -0.131. The zero-order valence-electron chi connectivity index (χ0n) is 19.9. The quantitative estimate of drug-likeness (QED) is 0.319. The Bertz CT molecular complexity index is 1300. The highest BCUT2D eigenvalue weighted by Gasteiger charge is 2.30. The molecule has 182 valence electrons. The normalized spacial score (nSPS) is 16.8. The van der Waals surface area contributed by atoms with Gasteiger partial charge in [0, 0.05) is 51.6 Å². The van der Waals surface area contributed by atoms with E-state index in [4.69, 9.17) is 9.15 Å². The summed E-state index contributed by atoms with van der Waals surface area (Å²) >= 11 is 0. The van der Waals surface area contributed by atoms with Gasteiger partial charge < -0.3 is 14.1 Å². The van der Waals surface area contributed by atoms with Crippen LogP contribution in [0.1, 0.15) is 24.5 Å². The number of fused-ring (bicyclic) bond motifs is 3. The number of anilines is 1. The third kappa shape index (κ3) is 5.13. The molecule has 2 aromatic carbocycles. The van der Waals surface area contributed by atoms with Crippen molar-refractivity contribution in [3.05, 3.63) is 70.1 Å². The van der Waals surface area contributed by atoms with Gasteiger partial charge in [0.1, 0.15) is 17.0 Å². The number of hydrogen-bond donors (Lipinski definition) is 0. The molecule has 1 fully saturated rings. The second kappa shape index (κ2) is 10.0. The number of hydrogen-bond acceptors (Lipinski definition) is 7. The number of aryl methyl sites for hydroxylation is 1. The molecule has 1 saturated heterocycles. The maximum Gasteiger partial charge on any atom is 0.360 e. The molecule has 0 atom stereocenters. The Morgan fingerprint density at radius 1 is 0.971 bits per heavy atom. The van der Waals surface area contributed by atoms with Crippen LogP contribution in [-0.4, -0.2) is 60.9 Å². The fraction of sp³-hybridized carbons (Fsp3) is 0.370. The van der Waals surface area contributed by atoms with Gasteiger partial charge >= 0.3 is 11.6 Å². The number of nitrogens with zero attached hydrogens (tertiary/aromatic N) is 3. The van der Waals surface area contributed by atoms with E-state index in [1.54, 1.807) is 23.1 Å². The number of rotatable bonds is 5. The molecule has 0 unspecified atom stereocenters. The molecule has 0 N–H and O–H groups in total. The van der Waals surface area contributed by atoms with E-state index in [1.165, 1.54) is 12.5 Å². The second-order valence-electron chi connectivity index (χ2n) is 9.16. The molecule has 3 heterocycles. The maximum absolute atomic E-state index is 13.3. The SMILES string of the molecule is CC(=O)Oc1ccc2oc(=O)c3c(c2c1)CCCN3C(=O)CN1CCN(Cc2ccccc2)CC1. The third-order valence-corrected chi connectivity index (χ3v) is 6.67. The highest BCUT2D eigenvalue weighted by Crippen LogP contribution is 2.33. The van der Waals surface area contributed by atoms with Crippen molar-refractivity contribution < 1.29 is 18.7 Å². The van der Waals surface area contributed by atoms with E-state index in [9.17, 15) is 14.4 Å². The fourth-order valence-corrected chi connectivity index (χ4v) is 4.99. The number of carbonyl (C=O) groups excluding carboxylic acids is 2. The summed E-state index contributed by atoms with van der Waals surface area (Å²) in [5, 5.41) is 0.699. The molecule has 0 bridgehead atoms. The Morgan fingerprint density at radius 3 is 2.46 bits per heavy atom. The topological polar surface area (TPSA) is 83.3 Å². The molecular formula is C27H29N3O5. The van der Waals surface area contributed by atoms with Crippen molar-refractivity contribution in [2.45, 2.75) is 26.3 Å². The van der Waals surface area contributed by atoms with E-state index in [1.807, 2.05) is 6.07 Å². The Labute approximate surface area is 203 Å². The maximum atomic E-state index is 13.3. The molecule has 1 aromatic heterocycles. The van der Waals surface area contributed by atoms with Gasteiger partial charge in [-0.2, -0.15) is 0 Å². The lowest BCUT2D eigenvalue weighted by atomic mass is 9.98. The molecule has 2 aliphatic heterocycles. The van der Waals surface area contributed by atoms with Crippen LogP contribution in [0.25, 0.3) is 11.0 Å². The minimum Gasteiger partial charge on any atom is -0.427 e. The number of amides is 1. The smallest absolute Gasteiger partial charge is 0.360 e. The zero-order valence-corrected chi connectivity index (χ0v) is 19.9. The van der Waals surface area contributed by atoms with Crippen molar-refractivity contribution >= 4 is 28.5 Å². The van der Waals surface area contributed by atoms with Gasteiger partial charge in [-0.3, -0.25) is 19.4 Å². The monoisotopic (exact) mass is 475 g/mol. The molecule has 0 radical (unpaired) electrons. The first-order chi connectivity index (χ1) is 17.0. The highest BCUT2D eigenvalue weighted by atomic mass is 16.5. The Morgan fingerprint density at radius 2 is 1.71 bits per heavy atom. The van der Waals surface area contributed by atoms with Gasteiger partial charge in [0.15, 0.2) is 0 Å². The van der Waals surface area contributed by atoms with Crippen molar-refractivity contribution in [1.82, 2.24) is 9.80 Å². The summed E-state index contributed by atoms with van der Waals surface area (Å²) < 4.78 is 10.8. The summed E-state index contributed by atoms with van der Waals surface area (Å²) in [5.74, 6) is -0.126. The van der Waals surface area contributed by atoms with E-state index < -0.39 is 11.6 Å². The number of piperazine rings is 1. The lowest BCUT2D eigenvalue weighted by Crippen LogP contribution is -2.51. The minimum atomic E-state index is -0.506. The first-order valence-corrected chi connectivity index (χ1v) is 12.0. The number of ether oxygens (including phenoxy) is 1. The molecule has 1 amide bonds. The van der Waals surface area contributed by atoms with Crippen LogP contribution < -0.4 is 15.3 Å². The Hall–Kier alpha value is -3.49. The molecular weight excluding hydrogens is 446 g/mol. The molecule has 8 heteroatoms. The summed E-state index contributed by atoms with van der Waals surface area (Å²) in [5.41, 5.74) is 2.30. The van der Waals surface area contributed by atoms with Crippen LogP contribution in [0.5, 0.6) is 5.75 Å². The van der Waals surface area contributed by atoms with Crippen LogP contribution in [0.4, 0.5) is 5.69 Å². The van der Waals surface area contributed by atoms with E-state index in [2.05, 4.69) is 34.1 Å². The van der Waals surface area contributed by atoms with Crippen molar-refractivity contribution in [2.24, 2.45) is 0 Å². The van der Waals surface area contributed by atoms with Crippen molar-refractivity contribution in [3.63, 3.8) is 0 Å². The molecule has 0 saturated carbocycles. The minimum absolute atomic E-state index is 0.0924. The van der Waals surface area contributed by atoms with E-state index in [-0.39, 0.29) is 12.5 Å². The van der Waals surface area contributed by atoms with Gasteiger partial charge in [-0.25, -0.2) is 4.79 Å². The van der Waals surface area contributed by atoms with Crippen LogP contribution in [0.15, 0.2) is 57.7 Å². The van der Waals surface area contributed by atoms with E-state index in [0.29, 0.717) is 35.4 Å². The second-order valence-corrected chi connectivity index (χ2v) is 9.16. The first-order valence-electron chi connectivity index (χ1n) is 12.0. The fourth-order valence-electron chi connectivity index (χ4n) is 4.99.